The highest BCUT2D eigenvalue weighted by atomic mass is 35.5. The summed E-state index contributed by atoms with van der Waals surface area (Å²) in [5, 5.41) is 7.84. The van der Waals surface area contributed by atoms with Gasteiger partial charge in [0, 0.05) is 37.8 Å². The first kappa shape index (κ1) is 30.1. The minimum atomic E-state index is -3.10. The maximum Gasteiger partial charge on any atom is 0.387 e. The van der Waals surface area contributed by atoms with Crippen molar-refractivity contribution in [2.45, 2.75) is 44.8 Å². The molecule has 2 aromatic rings. The van der Waals surface area contributed by atoms with Crippen LogP contribution in [0.25, 0.3) is 0 Å². The molecule has 1 unspecified atom stereocenters. The van der Waals surface area contributed by atoms with E-state index in [1.165, 1.54) is 38.6 Å². The third-order valence-corrected chi connectivity index (χ3v) is 7.13. The smallest absolute Gasteiger partial charge is 0.387 e. The van der Waals surface area contributed by atoms with Crippen LogP contribution in [0.2, 0.25) is 10.0 Å². The molecule has 2 heterocycles. The number of rotatable bonds is 11. The first-order valence-corrected chi connectivity index (χ1v) is 12.9. The topological polar surface area (TPSA) is 94.9 Å². The van der Waals surface area contributed by atoms with Gasteiger partial charge >= 0.3 is 12.6 Å². The number of likely N-dealkylation sites (tertiary alicyclic amines) is 1. The van der Waals surface area contributed by atoms with E-state index in [4.69, 9.17) is 32.7 Å². The van der Waals surface area contributed by atoms with Crippen molar-refractivity contribution in [3.05, 3.63) is 40.1 Å². The lowest BCUT2D eigenvalue weighted by Crippen LogP contribution is -2.55. The molecule has 1 fully saturated rings. The minimum Gasteiger partial charge on any atom is -0.469 e. The number of nitrogens with zero attached hydrogens (tertiary/aromatic N) is 3. The molecule has 1 aromatic carbocycles. The van der Waals surface area contributed by atoms with E-state index in [1.807, 2.05) is 13.8 Å². The first-order valence-electron chi connectivity index (χ1n) is 12.1. The number of anilines is 1. The van der Waals surface area contributed by atoms with Crippen molar-refractivity contribution in [3.8, 4) is 5.75 Å². The molecule has 3 rings (SSSR count). The molecule has 9 nitrogen and oxygen atoms in total. The molecular formula is C25H32Cl2F2N4O5. The average Bonchev–Trinajstić information content (AvgIpc) is 3.27. The van der Waals surface area contributed by atoms with Gasteiger partial charge in [-0.25, -0.2) is 0 Å². The van der Waals surface area contributed by atoms with E-state index in [9.17, 15) is 18.4 Å². The zero-order chi connectivity index (χ0) is 28.0. The van der Waals surface area contributed by atoms with Crippen molar-refractivity contribution >= 4 is 40.8 Å². The number of amides is 1. The highest BCUT2D eigenvalue weighted by Crippen LogP contribution is 2.38. The molecule has 0 radical (unpaired) electrons. The number of carbonyl (C=O) groups excluding carboxylic acids is 2. The normalized spacial score (nSPS) is 16.5. The van der Waals surface area contributed by atoms with Gasteiger partial charge in [0.05, 0.1) is 42.2 Å². The van der Waals surface area contributed by atoms with Crippen LogP contribution < -0.4 is 10.1 Å². The van der Waals surface area contributed by atoms with Crippen molar-refractivity contribution in [2.24, 2.45) is 5.92 Å². The zero-order valence-electron chi connectivity index (χ0n) is 21.7. The summed E-state index contributed by atoms with van der Waals surface area (Å²) in [5.41, 5.74) is -0.452. The monoisotopic (exact) mass is 576 g/mol. The highest BCUT2D eigenvalue weighted by molar-refractivity contribution is 6.31. The summed E-state index contributed by atoms with van der Waals surface area (Å²) in [6, 6.07) is 4.09. The number of ether oxygens (including phenoxy) is 3. The van der Waals surface area contributed by atoms with Gasteiger partial charge in [-0.2, -0.15) is 13.9 Å². The van der Waals surface area contributed by atoms with Crippen LogP contribution in [0.15, 0.2) is 24.4 Å². The van der Waals surface area contributed by atoms with E-state index in [-0.39, 0.29) is 35.0 Å². The standard InChI is InChI=1S/C25H32Cl2F2N4O5/c1-15(2)21-18(27)12-30-33(21)25(7-9-32(10-8-25)13-16(14-36-3)22(34)37-4)23(35)31-19-6-5-17(26)11-20(19)38-24(28)29/h5-6,11-12,15-16,24H,7-10,13-14H2,1-4H3,(H,31,35). The van der Waals surface area contributed by atoms with Gasteiger partial charge in [-0.3, -0.25) is 14.3 Å². The number of halogens is 4. The quantitative estimate of drug-likeness (QED) is 0.384. The number of methoxy groups -OCH3 is 2. The molecule has 0 saturated carbocycles. The second kappa shape index (κ2) is 13.1. The van der Waals surface area contributed by atoms with Crippen molar-refractivity contribution in [1.29, 1.82) is 0 Å². The molecular weight excluding hydrogens is 545 g/mol. The van der Waals surface area contributed by atoms with Crippen LogP contribution >= 0.6 is 23.2 Å². The fourth-order valence-electron chi connectivity index (χ4n) is 4.75. The molecule has 1 aliphatic heterocycles. The van der Waals surface area contributed by atoms with Crippen molar-refractivity contribution in [1.82, 2.24) is 14.7 Å². The first-order chi connectivity index (χ1) is 18.0. The Morgan fingerprint density at radius 2 is 1.87 bits per heavy atom. The zero-order valence-corrected chi connectivity index (χ0v) is 23.2. The third kappa shape index (κ3) is 6.74. The molecule has 1 saturated heterocycles. The van der Waals surface area contributed by atoms with Crippen LogP contribution in [-0.2, 0) is 24.6 Å². The molecule has 1 aromatic heterocycles. The van der Waals surface area contributed by atoms with Gasteiger partial charge in [-0.15, -0.1) is 0 Å². The maximum atomic E-state index is 14.0. The third-order valence-electron chi connectivity index (χ3n) is 6.61. The minimum absolute atomic E-state index is 0.0497. The molecule has 38 heavy (non-hydrogen) atoms. The number of alkyl halides is 2. The number of carbonyl (C=O) groups is 2. The molecule has 1 aliphatic rings. The number of benzene rings is 1. The van der Waals surface area contributed by atoms with E-state index >= 15 is 0 Å². The van der Waals surface area contributed by atoms with Gasteiger partial charge in [-0.1, -0.05) is 37.0 Å². The predicted octanol–water partition coefficient (Wildman–Crippen LogP) is 4.78. The summed E-state index contributed by atoms with van der Waals surface area (Å²) in [7, 11) is 2.84. The molecule has 1 N–H and O–H groups in total. The lowest BCUT2D eigenvalue weighted by Gasteiger charge is -2.42. The van der Waals surface area contributed by atoms with Gasteiger partial charge in [0.1, 0.15) is 5.54 Å². The number of nitrogens with one attached hydrogen (secondary N) is 1. The molecule has 1 atom stereocenters. The van der Waals surface area contributed by atoms with E-state index in [0.717, 1.165) is 0 Å². The maximum absolute atomic E-state index is 14.0. The Morgan fingerprint density at radius 3 is 2.45 bits per heavy atom. The van der Waals surface area contributed by atoms with Gasteiger partial charge in [0.15, 0.2) is 5.75 Å². The lowest BCUT2D eigenvalue weighted by molar-refractivity contribution is -0.148. The van der Waals surface area contributed by atoms with E-state index in [2.05, 4.69) is 20.1 Å². The highest BCUT2D eigenvalue weighted by Gasteiger charge is 2.46. The average molecular weight is 577 g/mol. The molecule has 210 valence electrons. The fourth-order valence-corrected chi connectivity index (χ4v) is 5.25. The van der Waals surface area contributed by atoms with Gasteiger partial charge < -0.3 is 24.4 Å². The summed E-state index contributed by atoms with van der Waals surface area (Å²) in [6.07, 6.45) is 2.13. The summed E-state index contributed by atoms with van der Waals surface area (Å²) in [6.45, 7) is 2.26. The number of aromatic nitrogens is 2. The molecule has 0 aliphatic carbocycles. The molecule has 0 spiro atoms. The van der Waals surface area contributed by atoms with Crippen molar-refractivity contribution < 1.29 is 32.6 Å². The Bertz CT molecular complexity index is 1120. The van der Waals surface area contributed by atoms with E-state index in [0.29, 0.717) is 43.2 Å². The van der Waals surface area contributed by atoms with Crippen LogP contribution in [0, 0.1) is 5.92 Å². The van der Waals surface area contributed by atoms with Gasteiger partial charge in [0.25, 0.3) is 5.91 Å². The predicted molar refractivity (Wildman–Crippen MR) is 139 cm³/mol. The molecule has 1 amide bonds. The second-order valence-corrected chi connectivity index (χ2v) is 10.3. The largest absolute Gasteiger partial charge is 0.469 e. The molecule has 0 bridgehead atoms. The van der Waals surface area contributed by atoms with Crippen LogP contribution in [0.5, 0.6) is 5.75 Å². The summed E-state index contributed by atoms with van der Waals surface area (Å²) >= 11 is 12.4. The summed E-state index contributed by atoms with van der Waals surface area (Å²) in [5.74, 6) is -1.62. The van der Waals surface area contributed by atoms with Crippen LogP contribution in [-0.4, -0.2) is 73.6 Å². The Labute approximate surface area is 230 Å². The number of hydrogen-bond acceptors (Lipinski definition) is 7. The van der Waals surface area contributed by atoms with Crippen molar-refractivity contribution in [3.63, 3.8) is 0 Å². The summed E-state index contributed by atoms with van der Waals surface area (Å²) in [4.78, 5) is 28.2. The van der Waals surface area contributed by atoms with E-state index < -0.39 is 24.0 Å². The Balaban J connectivity index is 1.94. The fraction of sp³-hybridized carbons (Fsp3) is 0.560. The SMILES string of the molecule is COCC(CN1CCC(C(=O)Nc2ccc(Cl)cc2OC(F)F)(n2ncc(Cl)c2C(C)C)CC1)C(=O)OC. The number of piperidine rings is 1. The lowest BCUT2D eigenvalue weighted by atomic mass is 9.85. The van der Waals surface area contributed by atoms with Gasteiger partial charge in [-0.05, 0) is 30.9 Å². The van der Waals surface area contributed by atoms with Gasteiger partial charge in [0.2, 0.25) is 0 Å². The second-order valence-electron chi connectivity index (χ2n) is 9.42. The van der Waals surface area contributed by atoms with Crippen LogP contribution in [0.3, 0.4) is 0 Å². The Hall–Kier alpha value is -2.47. The Kier molecular flexibility index (Phi) is 10.3. The van der Waals surface area contributed by atoms with Crippen molar-refractivity contribution in [2.75, 3.05) is 45.8 Å². The molecule has 13 heteroatoms. The number of hydrogen-bond donors (Lipinski definition) is 1. The number of esters is 1. The van der Waals surface area contributed by atoms with Crippen LogP contribution in [0.1, 0.15) is 38.3 Å². The Morgan fingerprint density at radius 1 is 1.18 bits per heavy atom. The summed E-state index contributed by atoms with van der Waals surface area (Å²) < 4.78 is 42.4. The van der Waals surface area contributed by atoms with E-state index in [1.54, 1.807) is 4.68 Å². The van der Waals surface area contributed by atoms with Crippen LogP contribution in [0.4, 0.5) is 14.5 Å².